The Labute approximate surface area is 244 Å². The number of alkyl halides is 3. The summed E-state index contributed by atoms with van der Waals surface area (Å²) in [7, 11) is -4.13. The van der Waals surface area contributed by atoms with Crippen LogP contribution in [0.25, 0.3) is 0 Å². The number of carbonyl (C=O) groups is 1. The van der Waals surface area contributed by atoms with E-state index in [1.165, 1.54) is 29.1 Å². The Balaban J connectivity index is 1.51. The van der Waals surface area contributed by atoms with E-state index < -0.39 is 27.5 Å². The maximum Gasteiger partial charge on any atom is 0.394 e. The Bertz CT molecular complexity index is 1430. The molecule has 0 spiro atoms. The van der Waals surface area contributed by atoms with E-state index in [0.29, 0.717) is 24.6 Å². The number of ether oxygens (including phenoxy) is 1. The molecule has 1 N–H and O–H groups in total. The van der Waals surface area contributed by atoms with Crippen LogP contribution in [0.3, 0.4) is 0 Å². The summed E-state index contributed by atoms with van der Waals surface area (Å²) in [6.07, 6.45) is 0.179. The van der Waals surface area contributed by atoms with Gasteiger partial charge in [0.1, 0.15) is 6.67 Å². The van der Waals surface area contributed by atoms with Gasteiger partial charge in [0.05, 0.1) is 22.5 Å². The first-order chi connectivity index (χ1) is 19.7. The molecule has 1 saturated carbocycles. The van der Waals surface area contributed by atoms with Gasteiger partial charge in [0, 0.05) is 36.3 Å². The second-order valence-corrected chi connectivity index (χ2v) is 13.4. The number of rotatable bonds is 12. The van der Waals surface area contributed by atoms with Crippen LogP contribution in [-0.2, 0) is 21.5 Å². The molecule has 4 rings (SSSR count). The van der Waals surface area contributed by atoms with E-state index in [0.717, 1.165) is 6.42 Å². The average Bonchev–Trinajstić information content (AvgIpc) is 3.50. The second-order valence-electron chi connectivity index (χ2n) is 11.7. The van der Waals surface area contributed by atoms with Gasteiger partial charge in [0.2, 0.25) is 5.88 Å². The van der Waals surface area contributed by atoms with Crippen LogP contribution in [-0.4, -0.2) is 60.1 Å². The number of aromatic nitrogens is 2. The largest absolute Gasteiger partial charge is 0.477 e. The van der Waals surface area contributed by atoms with E-state index in [9.17, 15) is 26.4 Å². The summed E-state index contributed by atoms with van der Waals surface area (Å²) in [5.74, 6) is -0.241. The van der Waals surface area contributed by atoms with Gasteiger partial charge in [-0.2, -0.15) is 13.2 Å². The molecule has 1 aliphatic carbocycles. The normalized spacial score (nSPS) is 20.5. The number of amides is 1. The summed E-state index contributed by atoms with van der Waals surface area (Å²) in [5, 5.41) is 4.21. The highest BCUT2D eigenvalue weighted by Crippen LogP contribution is 2.59. The number of allylic oxidation sites excluding steroid dienone is 1. The van der Waals surface area contributed by atoms with E-state index in [1.807, 2.05) is 6.92 Å². The lowest BCUT2D eigenvalue weighted by Crippen LogP contribution is -2.40. The molecule has 0 unspecified atom stereocenters. The van der Waals surface area contributed by atoms with Gasteiger partial charge in [0.25, 0.3) is 15.9 Å². The van der Waals surface area contributed by atoms with E-state index in [2.05, 4.69) is 40.5 Å². The molecule has 0 radical (unpaired) electrons. The molecule has 2 fully saturated rings. The fourth-order valence-corrected chi connectivity index (χ4v) is 6.57. The third-order valence-electron chi connectivity index (χ3n) is 7.92. The summed E-state index contributed by atoms with van der Waals surface area (Å²) in [5.41, 5.74) is -1.08. The van der Waals surface area contributed by atoms with Crippen LogP contribution < -0.4 is 9.46 Å². The summed E-state index contributed by atoms with van der Waals surface area (Å²) in [6.45, 7) is 8.80. The number of aliphatic imine (C=N–C) groups is 1. The molecule has 1 amide bonds. The molecule has 1 saturated heterocycles. The number of hydrogen-bond acceptors (Lipinski definition) is 7. The van der Waals surface area contributed by atoms with Gasteiger partial charge in [-0.15, -0.1) is 5.10 Å². The Morgan fingerprint density at radius 3 is 2.48 bits per heavy atom. The zero-order valence-corrected chi connectivity index (χ0v) is 25.1. The molecule has 42 heavy (non-hydrogen) atoms. The lowest BCUT2D eigenvalue weighted by atomic mass is 9.96. The predicted octanol–water partition coefficient (Wildman–Crippen LogP) is 5.31. The van der Waals surface area contributed by atoms with Crippen LogP contribution >= 0.6 is 0 Å². The standard InChI is InChI=1S/C29H38F3N5O4S/c1-5-24(37-19-21(2)17-27(37,3)4)23(26(38)35-42(39,40)22-9-7-6-8-10-22)18-33-20-36-15-11-25(34-36)41-16-14-28(12-13-28)29(30,31)32/h6-11,15,18,21H,5,12-14,16-17,19-20H2,1-4H3,(H,35,38)/b24-23-,33-18-/t21-/m0/s1. The highest BCUT2D eigenvalue weighted by Gasteiger charge is 2.62. The summed E-state index contributed by atoms with van der Waals surface area (Å²) in [6, 6.07) is 9.18. The monoisotopic (exact) mass is 609 g/mol. The number of hydrogen-bond donors (Lipinski definition) is 1. The molecule has 13 heteroatoms. The number of likely N-dealkylation sites (tertiary alicyclic amines) is 1. The molecule has 1 aliphatic heterocycles. The Morgan fingerprint density at radius 1 is 1.21 bits per heavy atom. The number of benzene rings is 1. The molecule has 0 bridgehead atoms. The van der Waals surface area contributed by atoms with Crippen molar-refractivity contribution in [3.05, 3.63) is 53.9 Å². The minimum absolute atomic E-state index is 0.0190. The summed E-state index contributed by atoms with van der Waals surface area (Å²) in [4.78, 5) is 20.0. The number of halogens is 3. The number of carbonyl (C=O) groups excluding carboxylic acids is 1. The van der Waals surface area contributed by atoms with Crippen molar-refractivity contribution < 1.29 is 31.1 Å². The van der Waals surface area contributed by atoms with Crippen LogP contribution in [0.4, 0.5) is 13.2 Å². The van der Waals surface area contributed by atoms with Crippen molar-refractivity contribution in [3.63, 3.8) is 0 Å². The van der Waals surface area contributed by atoms with E-state index >= 15 is 0 Å². The SMILES string of the molecule is CC/C(=C(\C=N/Cn1ccc(OCCC2(C(F)(F)F)CC2)n1)C(=O)NS(=O)(=O)c1ccccc1)N1C[C@@H](C)CC1(C)C. The molecule has 1 aromatic carbocycles. The van der Waals surface area contributed by atoms with E-state index in [1.54, 1.807) is 24.4 Å². The van der Waals surface area contributed by atoms with Crippen molar-refractivity contribution in [2.75, 3.05) is 13.2 Å². The van der Waals surface area contributed by atoms with Crippen LogP contribution in [0.5, 0.6) is 5.88 Å². The third-order valence-corrected chi connectivity index (χ3v) is 9.27. The van der Waals surface area contributed by atoms with Crippen molar-refractivity contribution in [2.45, 2.75) is 83.1 Å². The van der Waals surface area contributed by atoms with Gasteiger partial charge >= 0.3 is 6.18 Å². The third kappa shape index (κ3) is 7.16. The van der Waals surface area contributed by atoms with Crippen molar-refractivity contribution in [3.8, 4) is 5.88 Å². The number of nitrogens with zero attached hydrogens (tertiary/aromatic N) is 4. The topological polar surface area (TPSA) is 106 Å². The lowest BCUT2D eigenvalue weighted by molar-refractivity contribution is -0.190. The van der Waals surface area contributed by atoms with E-state index in [-0.39, 0.29) is 54.4 Å². The zero-order chi connectivity index (χ0) is 30.8. The van der Waals surface area contributed by atoms with Gasteiger partial charge in [0.15, 0.2) is 0 Å². The molecular weight excluding hydrogens is 571 g/mol. The lowest BCUT2D eigenvalue weighted by Gasteiger charge is -2.36. The number of sulfonamides is 1. The molecule has 1 atom stereocenters. The quantitative estimate of drug-likeness (QED) is 0.258. The molecule has 2 aliphatic rings. The van der Waals surface area contributed by atoms with Crippen LogP contribution in [0, 0.1) is 11.3 Å². The van der Waals surface area contributed by atoms with E-state index in [4.69, 9.17) is 4.74 Å². The molecule has 2 aromatic rings. The summed E-state index contributed by atoms with van der Waals surface area (Å²) >= 11 is 0. The Hall–Kier alpha value is -3.35. The fourth-order valence-electron chi connectivity index (χ4n) is 5.58. The van der Waals surface area contributed by atoms with Gasteiger partial charge < -0.3 is 9.64 Å². The van der Waals surface area contributed by atoms with Gasteiger partial charge in [-0.05, 0) is 64.0 Å². The van der Waals surface area contributed by atoms with Gasteiger partial charge in [-0.3, -0.25) is 9.79 Å². The molecule has 1 aromatic heterocycles. The highest BCUT2D eigenvalue weighted by molar-refractivity contribution is 7.90. The molecule has 9 nitrogen and oxygen atoms in total. The first kappa shape index (κ1) is 31.6. The Kier molecular flexibility index (Phi) is 9.10. The second kappa shape index (κ2) is 12.1. The minimum Gasteiger partial charge on any atom is -0.477 e. The zero-order valence-electron chi connectivity index (χ0n) is 24.3. The maximum absolute atomic E-state index is 13.5. The number of nitrogens with one attached hydrogen (secondary N) is 1. The first-order valence-electron chi connectivity index (χ1n) is 14.0. The average molecular weight is 610 g/mol. The van der Waals surface area contributed by atoms with Gasteiger partial charge in [-0.25, -0.2) is 17.8 Å². The van der Waals surface area contributed by atoms with Crippen LogP contribution in [0.1, 0.15) is 59.8 Å². The van der Waals surface area contributed by atoms with Gasteiger partial charge in [-0.1, -0.05) is 32.0 Å². The van der Waals surface area contributed by atoms with Crippen LogP contribution in [0.15, 0.2) is 63.8 Å². The maximum atomic E-state index is 13.5. The Morgan fingerprint density at radius 2 is 1.90 bits per heavy atom. The van der Waals surface area contributed by atoms with Crippen molar-refractivity contribution >= 4 is 22.1 Å². The van der Waals surface area contributed by atoms with Crippen molar-refractivity contribution in [1.82, 2.24) is 19.4 Å². The highest BCUT2D eigenvalue weighted by atomic mass is 32.2. The smallest absolute Gasteiger partial charge is 0.394 e. The molecule has 2 heterocycles. The molecular formula is C29H38F3N5O4S. The van der Waals surface area contributed by atoms with Crippen LogP contribution in [0.2, 0.25) is 0 Å². The predicted molar refractivity (Wildman–Crippen MR) is 152 cm³/mol. The molecule has 230 valence electrons. The van der Waals surface area contributed by atoms with Crippen molar-refractivity contribution in [1.29, 1.82) is 0 Å². The fraction of sp³-hybridized carbons (Fsp3) is 0.552. The summed E-state index contributed by atoms with van der Waals surface area (Å²) < 4.78 is 74.4. The van der Waals surface area contributed by atoms with Crippen molar-refractivity contribution in [2.24, 2.45) is 16.3 Å². The minimum atomic E-state index is -4.23. The first-order valence-corrected chi connectivity index (χ1v) is 15.5.